The molecule has 0 bridgehead atoms. The minimum absolute atomic E-state index is 0.263. The minimum Gasteiger partial charge on any atom is -0.326 e. The minimum atomic E-state index is -0.263. The molecule has 1 aliphatic rings. The van der Waals surface area contributed by atoms with E-state index in [-0.39, 0.29) is 5.91 Å². The van der Waals surface area contributed by atoms with Gasteiger partial charge in [0.2, 0.25) is 5.91 Å². The number of nitrogens with zero attached hydrogens (tertiary/aromatic N) is 4. The Morgan fingerprint density at radius 2 is 2.10 bits per heavy atom. The number of hydrogen-bond donors (Lipinski definition) is 1. The lowest BCUT2D eigenvalue weighted by Gasteiger charge is -2.30. The van der Waals surface area contributed by atoms with Crippen LogP contribution < -0.4 is 10.2 Å². The van der Waals surface area contributed by atoms with E-state index in [9.17, 15) is 4.79 Å². The molecule has 0 fully saturated rings. The number of hydrogen-bond acceptors (Lipinski definition) is 5. The van der Waals surface area contributed by atoms with Crippen LogP contribution in [0, 0.1) is 0 Å². The maximum absolute atomic E-state index is 11.7. The van der Waals surface area contributed by atoms with Gasteiger partial charge in [0, 0.05) is 35.4 Å². The highest BCUT2D eigenvalue weighted by Gasteiger charge is 2.21. The highest BCUT2D eigenvalue weighted by Crippen LogP contribution is 2.30. The molecule has 0 radical (unpaired) electrons. The molecule has 0 atom stereocenters. The maximum Gasteiger partial charge on any atom is 0.251 e. The number of carbonyl (C=O) groups excluding carboxylic acids is 1. The number of fused-ring (bicyclic) bond motifs is 1. The van der Waals surface area contributed by atoms with Crippen molar-refractivity contribution in [3.63, 3.8) is 0 Å². The molecule has 2 rings (SSSR count). The number of aliphatic imine (C=N–C) groups is 1. The van der Waals surface area contributed by atoms with Gasteiger partial charge in [-0.15, -0.1) is 0 Å². The molecule has 0 spiro atoms. The van der Waals surface area contributed by atoms with Gasteiger partial charge >= 0.3 is 0 Å². The van der Waals surface area contributed by atoms with Crippen LogP contribution in [0.25, 0.3) is 0 Å². The van der Waals surface area contributed by atoms with E-state index in [0.29, 0.717) is 11.6 Å². The van der Waals surface area contributed by atoms with Crippen molar-refractivity contribution < 1.29 is 4.79 Å². The number of nitrogens with one attached hydrogen (secondary N) is 1. The average molecular weight is 418 g/mol. The molecule has 0 saturated carbocycles. The first-order valence-electron chi connectivity index (χ1n) is 10.3. The summed E-state index contributed by atoms with van der Waals surface area (Å²) in [5.41, 5.74) is 4.48. The largest absolute Gasteiger partial charge is 0.326 e. The zero-order valence-corrected chi connectivity index (χ0v) is 18.7. The lowest BCUT2D eigenvalue weighted by atomic mass is 10.1. The van der Waals surface area contributed by atoms with Crippen molar-refractivity contribution in [2.24, 2.45) is 4.99 Å². The van der Waals surface area contributed by atoms with Gasteiger partial charge in [-0.2, -0.15) is 4.98 Å². The molecule has 2 heterocycles. The highest BCUT2D eigenvalue weighted by molar-refractivity contribution is 5.94. The third-order valence-electron chi connectivity index (χ3n) is 4.60. The van der Waals surface area contributed by atoms with E-state index in [2.05, 4.69) is 39.9 Å². The fourth-order valence-corrected chi connectivity index (χ4v) is 3.05. The van der Waals surface area contributed by atoms with Crippen LogP contribution in [0.2, 0.25) is 0 Å². The van der Waals surface area contributed by atoms with E-state index in [1.54, 1.807) is 6.08 Å². The maximum atomic E-state index is 11.7. The fraction of sp³-hybridized carbons (Fsp3) is 0.280. The molecule has 1 amide bonds. The van der Waals surface area contributed by atoms with Crippen LogP contribution in [0.1, 0.15) is 39.2 Å². The highest BCUT2D eigenvalue weighted by atomic mass is 16.1. The van der Waals surface area contributed by atoms with Crippen LogP contribution in [0.3, 0.4) is 0 Å². The van der Waals surface area contributed by atoms with Crippen LogP contribution in [0.4, 0.5) is 11.8 Å². The van der Waals surface area contributed by atoms with Gasteiger partial charge in [-0.1, -0.05) is 37.5 Å². The van der Waals surface area contributed by atoms with Crippen LogP contribution >= 0.6 is 0 Å². The first-order valence-corrected chi connectivity index (χ1v) is 10.3. The number of rotatable bonds is 9. The number of aryl methyl sites for hydroxylation is 1. The van der Waals surface area contributed by atoms with Gasteiger partial charge < -0.3 is 10.2 Å². The quantitative estimate of drug-likeness (QED) is 0.262. The molecule has 0 saturated heterocycles. The molecular weight excluding hydrogens is 386 g/mol. The van der Waals surface area contributed by atoms with Crippen molar-refractivity contribution in [2.45, 2.75) is 40.0 Å². The Bertz CT molecular complexity index is 982. The number of carbonyl (C=O) groups is 1. The van der Waals surface area contributed by atoms with Gasteiger partial charge in [0.25, 0.3) is 5.95 Å². The zero-order valence-electron chi connectivity index (χ0n) is 18.7. The molecule has 1 N–H and O–H groups in total. The van der Waals surface area contributed by atoms with Gasteiger partial charge in [0.1, 0.15) is 5.82 Å². The number of amides is 1. The summed E-state index contributed by atoms with van der Waals surface area (Å²) in [6, 6.07) is 0. The monoisotopic (exact) mass is 417 g/mol. The predicted molar refractivity (Wildman–Crippen MR) is 129 cm³/mol. The summed E-state index contributed by atoms with van der Waals surface area (Å²) in [7, 11) is 0. The van der Waals surface area contributed by atoms with Gasteiger partial charge in [-0.25, -0.2) is 9.98 Å². The molecule has 0 unspecified atom stereocenters. The van der Waals surface area contributed by atoms with Gasteiger partial charge in [-0.3, -0.25) is 4.79 Å². The fourth-order valence-electron chi connectivity index (χ4n) is 3.05. The van der Waals surface area contributed by atoms with Crippen LogP contribution in [0.5, 0.6) is 0 Å². The SMILES string of the molecule is C=CC(=O)NC(=CC)C=C(C=C)N1CCCc2cnc(N=C(C)/C=C\CC(=C)C)nc21. The van der Waals surface area contributed by atoms with Crippen molar-refractivity contribution in [3.8, 4) is 0 Å². The zero-order chi connectivity index (χ0) is 22.8. The van der Waals surface area contributed by atoms with Crippen molar-refractivity contribution >= 4 is 23.4 Å². The lowest BCUT2D eigenvalue weighted by molar-refractivity contribution is -0.115. The first kappa shape index (κ1) is 23.7. The summed E-state index contributed by atoms with van der Waals surface area (Å²) < 4.78 is 0. The lowest BCUT2D eigenvalue weighted by Crippen LogP contribution is -2.30. The summed E-state index contributed by atoms with van der Waals surface area (Å²) in [5, 5.41) is 2.79. The second kappa shape index (κ2) is 11.6. The van der Waals surface area contributed by atoms with E-state index in [1.165, 1.54) is 6.08 Å². The van der Waals surface area contributed by atoms with Gasteiger partial charge in [0.15, 0.2) is 0 Å². The summed E-state index contributed by atoms with van der Waals surface area (Å²) >= 11 is 0. The predicted octanol–water partition coefficient (Wildman–Crippen LogP) is 5.12. The first-order chi connectivity index (χ1) is 14.9. The summed E-state index contributed by atoms with van der Waals surface area (Å²) in [4.78, 5) is 27.5. The van der Waals surface area contributed by atoms with Gasteiger partial charge in [0.05, 0.1) is 0 Å². The third kappa shape index (κ3) is 7.03. The molecule has 162 valence electrons. The topological polar surface area (TPSA) is 70.5 Å². The van der Waals surface area contributed by atoms with E-state index >= 15 is 0 Å². The van der Waals surface area contributed by atoms with Crippen LogP contribution in [0.15, 0.2) is 84.3 Å². The second-order valence-corrected chi connectivity index (χ2v) is 7.30. The Hall–Kier alpha value is -3.54. The summed E-state index contributed by atoms with van der Waals surface area (Å²) in [6.07, 6.45) is 15.2. The molecular formula is C25H31N5O. The smallest absolute Gasteiger partial charge is 0.251 e. The van der Waals surface area contributed by atoms with Gasteiger partial charge in [-0.05, 0) is 64.3 Å². The Balaban J connectivity index is 2.36. The molecule has 0 aromatic carbocycles. The van der Waals surface area contributed by atoms with E-state index in [1.807, 2.05) is 51.3 Å². The molecule has 31 heavy (non-hydrogen) atoms. The average Bonchev–Trinajstić information content (AvgIpc) is 2.75. The molecule has 1 aromatic heterocycles. The number of allylic oxidation sites excluding steroid dienone is 6. The number of aromatic nitrogens is 2. The Kier molecular flexibility index (Phi) is 8.88. The summed E-state index contributed by atoms with van der Waals surface area (Å²) in [6.45, 7) is 17.9. The van der Waals surface area contributed by atoms with Crippen LogP contribution in [-0.2, 0) is 11.2 Å². The Morgan fingerprint density at radius 1 is 1.32 bits per heavy atom. The van der Waals surface area contributed by atoms with Crippen molar-refractivity contribution in [2.75, 3.05) is 11.4 Å². The second-order valence-electron chi connectivity index (χ2n) is 7.30. The van der Waals surface area contributed by atoms with E-state index in [0.717, 1.165) is 54.2 Å². The van der Waals surface area contributed by atoms with Crippen molar-refractivity contribution in [1.82, 2.24) is 15.3 Å². The molecule has 1 aromatic rings. The Labute approximate surface area is 185 Å². The van der Waals surface area contributed by atoms with Crippen molar-refractivity contribution in [3.05, 3.63) is 84.9 Å². The molecule has 6 nitrogen and oxygen atoms in total. The molecule has 6 heteroatoms. The molecule has 1 aliphatic heterocycles. The normalized spacial score (nSPS) is 14.9. The molecule has 0 aliphatic carbocycles. The number of anilines is 1. The van der Waals surface area contributed by atoms with Crippen molar-refractivity contribution in [1.29, 1.82) is 0 Å². The van der Waals surface area contributed by atoms with E-state index in [4.69, 9.17) is 4.98 Å². The summed E-state index contributed by atoms with van der Waals surface area (Å²) in [5.74, 6) is 0.967. The third-order valence-corrected chi connectivity index (χ3v) is 4.60. The standard InChI is InChI=1S/C25H31N5O/c1-7-21(28-23(31)9-3)16-22(8-2)30-15-11-14-20-17-26-25(29-24(20)30)27-19(6)13-10-12-18(4)5/h7-10,13,16-17H,2-4,11-12,14-15H2,1,5-6H3,(H,28,31)/b13-10-,21-7?,22-16?,27-19?. The van der Waals surface area contributed by atoms with Crippen LogP contribution in [-0.4, -0.2) is 28.1 Å². The van der Waals surface area contributed by atoms with E-state index < -0.39 is 0 Å². The Morgan fingerprint density at radius 3 is 2.74 bits per heavy atom.